The minimum atomic E-state index is -3.55. The molecule has 0 saturated heterocycles. The van der Waals surface area contributed by atoms with Gasteiger partial charge in [0.05, 0.1) is 11.9 Å². The lowest BCUT2D eigenvalue weighted by Gasteiger charge is -2.08. The van der Waals surface area contributed by atoms with Crippen LogP contribution in [0.15, 0.2) is 70.5 Å². The van der Waals surface area contributed by atoms with Gasteiger partial charge < -0.3 is 10.3 Å². The standard InChI is InChI=1S/C19H18N4O2S2/c24-27(25,19-6-3-11-26-19)23-15-7-8-18(22-13-15)20-10-9-14-12-21-17-5-2-1-4-16(14)17/h1-8,11-13,21,23H,9-10H2,(H,20,22). The van der Waals surface area contributed by atoms with Crippen LogP contribution in [0.2, 0.25) is 0 Å². The summed E-state index contributed by atoms with van der Waals surface area (Å²) in [5.74, 6) is 0.703. The van der Waals surface area contributed by atoms with Gasteiger partial charge in [-0.25, -0.2) is 13.4 Å². The predicted octanol–water partition coefficient (Wildman–Crippen LogP) is 4.08. The van der Waals surface area contributed by atoms with Crippen LogP contribution in [0, 0.1) is 0 Å². The summed E-state index contributed by atoms with van der Waals surface area (Å²) in [6.07, 6.45) is 4.40. The number of anilines is 2. The molecule has 0 aliphatic heterocycles. The van der Waals surface area contributed by atoms with Crippen LogP contribution in [0.25, 0.3) is 10.9 Å². The number of fused-ring (bicyclic) bond motifs is 1. The average Bonchev–Trinajstić information content (AvgIpc) is 3.34. The highest BCUT2D eigenvalue weighted by Crippen LogP contribution is 2.21. The second-order valence-corrected chi connectivity index (χ2v) is 8.86. The van der Waals surface area contributed by atoms with E-state index in [1.807, 2.05) is 18.3 Å². The molecule has 0 aliphatic rings. The van der Waals surface area contributed by atoms with Crippen LogP contribution in [0.4, 0.5) is 11.5 Å². The Kier molecular flexibility index (Phi) is 4.83. The Hall–Kier alpha value is -2.84. The highest BCUT2D eigenvalue weighted by atomic mass is 32.2. The van der Waals surface area contributed by atoms with Crippen LogP contribution in [0.5, 0.6) is 0 Å². The molecule has 0 atom stereocenters. The molecule has 0 spiro atoms. The summed E-state index contributed by atoms with van der Waals surface area (Å²) in [4.78, 5) is 7.55. The number of benzene rings is 1. The molecule has 1 aromatic carbocycles. The Morgan fingerprint density at radius 3 is 2.74 bits per heavy atom. The van der Waals surface area contributed by atoms with Crippen molar-refractivity contribution in [3.05, 3.63) is 71.9 Å². The van der Waals surface area contributed by atoms with E-state index in [2.05, 4.69) is 32.1 Å². The number of hydrogen-bond acceptors (Lipinski definition) is 5. The number of aromatic amines is 1. The largest absolute Gasteiger partial charge is 0.370 e. The molecule has 0 bridgehead atoms. The zero-order valence-corrected chi connectivity index (χ0v) is 16.0. The number of aromatic nitrogens is 2. The summed E-state index contributed by atoms with van der Waals surface area (Å²) in [5.41, 5.74) is 2.82. The monoisotopic (exact) mass is 398 g/mol. The number of para-hydroxylation sites is 1. The Bertz CT molecular complexity index is 1130. The van der Waals surface area contributed by atoms with Crippen LogP contribution in [-0.2, 0) is 16.4 Å². The fourth-order valence-corrected chi connectivity index (χ4v) is 4.88. The number of hydrogen-bond donors (Lipinski definition) is 3. The molecule has 0 amide bonds. The molecule has 0 saturated carbocycles. The van der Waals surface area contributed by atoms with Gasteiger partial charge in [0.15, 0.2) is 0 Å². The topological polar surface area (TPSA) is 86.9 Å². The lowest BCUT2D eigenvalue weighted by molar-refractivity contribution is 0.603. The Labute approximate surface area is 161 Å². The highest BCUT2D eigenvalue weighted by molar-refractivity contribution is 7.94. The molecule has 4 rings (SSSR count). The minimum absolute atomic E-state index is 0.281. The minimum Gasteiger partial charge on any atom is -0.370 e. The normalized spacial score (nSPS) is 11.6. The Balaban J connectivity index is 1.35. The third-order valence-electron chi connectivity index (χ3n) is 4.15. The molecule has 8 heteroatoms. The predicted molar refractivity (Wildman–Crippen MR) is 110 cm³/mol. The third kappa shape index (κ3) is 3.96. The molecule has 3 aromatic heterocycles. The first-order valence-corrected chi connectivity index (χ1v) is 10.8. The molecule has 138 valence electrons. The van der Waals surface area contributed by atoms with Crippen molar-refractivity contribution in [1.82, 2.24) is 9.97 Å². The zero-order valence-electron chi connectivity index (χ0n) is 14.3. The van der Waals surface area contributed by atoms with E-state index in [1.165, 1.54) is 28.5 Å². The first-order valence-electron chi connectivity index (χ1n) is 8.43. The van der Waals surface area contributed by atoms with Crippen molar-refractivity contribution in [2.24, 2.45) is 0 Å². The van der Waals surface area contributed by atoms with E-state index in [1.54, 1.807) is 29.6 Å². The smallest absolute Gasteiger partial charge is 0.271 e. The summed E-state index contributed by atoms with van der Waals surface area (Å²) >= 11 is 1.18. The van der Waals surface area contributed by atoms with E-state index < -0.39 is 10.0 Å². The van der Waals surface area contributed by atoms with Crippen molar-refractivity contribution in [3.63, 3.8) is 0 Å². The summed E-state index contributed by atoms with van der Waals surface area (Å²) < 4.78 is 27.2. The molecule has 3 heterocycles. The van der Waals surface area contributed by atoms with Gasteiger partial charge in [-0.2, -0.15) is 0 Å². The van der Waals surface area contributed by atoms with Crippen LogP contribution >= 0.6 is 11.3 Å². The molecule has 0 unspecified atom stereocenters. The first-order chi connectivity index (χ1) is 13.1. The second-order valence-electron chi connectivity index (χ2n) is 6.01. The van der Waals surface area contributed by atoms with Crippen LogP contribution in [0.3, 0.4) is 0 Å². The Morgan fingerprint density at radius 1 is 1.07 bits per heavy atom. The van der Waals surface area contributed by atoms with Gasteiger partial charge in [0.1, 0.15) is 10.0 Å². The van der Waals surface area contributed by atoms with E-state index in [-0.39, 0.29) is 4.21 Å². The molecule has 4 aromatic rings. The number of pyridine rings is 1. The first kappa shape index (κ1) is 17.6. The number of sulfonamides is 1. The SMILES string of the molecule is O=S(=O)(Nc1ccc(NCCc2c[nH]c3ccccc23)nc1)c1cccs1. The lowest BCUT2D eigenvalue weighted by Crippen LogP contribution is -2.12. The van der Waals surface area contributed by atoms with E-state index in [9.17, 15) is 8.42 Å². The molecule has 0 aliphatic carbocycles. The maximum atomic E-state index is 12.2. The van der Waals surface area contributed by atoms with Crippen molar-refractivity contribution in [2.45, 2.75) is 10.6 Å². The van der Waals surface area contributed by atoms with Crippen LogP contribution < -0.4 is 10.0 Å². The molecule has 6 nitrogen and oxygen atoms in total. The fraction of sp³-hybridized carbons (Fsp3) is 0.105. The number of nitrogens with one attached hydrogen (secondary N) is 3. The van der Waals surface area contributed by atoms with Gasteiger partial charge in [-0.05, 0) is 41.6 Å². The summed E-state index contributed by atoms with van der Waals surface area (Å²) in [6, 6.07) is 15.0. The number of thiophene rings is 1. The van der Waals surface area contributed by atoms with Gasteiger partial charge in [-0.3, -0.25) is 4.72 Å². The van der Waals surface area contributed by atoms with Crippen molar-refractivity contribution in [2.75, 3.05) is 16.6 Å². The molecular weight excluding hydrogens is 380 g/mol. The van der Waals surface area contributed by atoms with Crippen LogP contribution in [-0.4, -0.2) is 24.9 Å². The summed E-state index contributed by atoms with van der Waals surface area (Å²) in [6.45, 7) is 0.731. The molecule has 0 radical (unpaired) electrons. The molecule has 3 N–H and O–H groups in total. The van der Waals surface area contributed by atoms with Gasteiger partial charge in [0, 0.05) is 23.6 Å². The third-order valence-corrected chi connectivity index (χ3v) is 6.93. The number of nitrogens with zero attached hydrogens (tertiary/aromatic N) is 1. The van der Waals surface area contributed by atoms with Gasteiger partial charge in [0.2, 0.25) is 0 Å². The number of H-pyrrole nitrogens is 1. The molecule has 0 fully saturated rings. The van der Waals surface area contributed by atoms with Crippen molar-refractivity contribution < 1.29 is 8.42 Å². The Morgan fingerprint density at radius 2 is 1.96 bits per heavy atom. The van der Waals surface area contributed by atoms with Crippen molar-refractivity contribution in [3.8, 4) is 0 Å². The average molecular weight is 399 g/mol. The van der Waals surface area contributed by atoms with E-state index in [4.69, 9.17) is 0 Å². The summed E-state index contributed by atoms with van der Waals surface area (Å²) in [5, 5.41) is 6.22. The molecular formula is C19H18N4O2S2. The van der Waals surface area contributed by atoms with Crippen molar-refractivity contribution in [1.29, 1.82) is 0 Å². The van der Waals surface area contributed by atoms with Gasteiger partial charge in [0.25, 0.3) is 10.0 Å². The maximum absolute atomic E-state index is 12.2. The highest BCUT2D eigenvalue weighted by Gasteiger charge is 2.15. The van der Waals surface area contributed by atoms with E-state index in [0.717, 1.165) is 18.5 Å². The summed E-state index contributed by atoms with van der Waals surface area (Å²) in [7, 11) is -3.55. The van der Waals surface area contributed by atoms with Gasteiger partial charge in [-0.1, -0.05) is 24.3 Å². The van der Waals surface area contributed by atoms with Crippen LogP contribution in [0.1, 0.15) is 5.56 Å². The fourth-order valence-electron chi connectivity index (χ4n) is 2.84. The van der Waals surface area contributed by atoms with Gasteiger partial charge in [-0.15, -0.1) is 11.3 Å². The van der Waals surface area contributed by atoms with Crippen molar-refractivity contribution >= 4 is 43.8 Å². The number of rotatable bonds is 7. The zero-order chi connectivity index (χ0) is 18.7. The van der Waals surface area contributed by atoms with E-state index in [0.29, 0.717) is 11.5 Å². The maximum Gasteiger partial charge on any atom is 0.271 e. The van der Waals surface area contributed by atoms with Gasteiger partial charge >= 0.3 is 0 Å². The van der Waals surface area contributed by atoms with E-state index >= 15 is 0 Å². The quantitative estimate of drug-likeness (QED) is 0.438. The molecule has 27 heavy (non-hydrogen) atoms. The second kappa shape index (κ2) is 7.42. The lowest BCUT2D eigenvalue weighted by atomic mass is 10.1.